The van der Waals surface area contributed by atoms with Gasteiger partial charge in [0.2, 0.25) is 0 Å². The molecule has 0 atom stereocenters. The second kappa shape index (κ2) is 7.01. The van der Waals surface area contributed by atoms with E-state index in [-0.39, 0.29) is 5.97 Å². The summed E-state index contributed by atoms with van der Waals surface area (Å²) in [6.07, 6.45) is 1.56. The van der Waals surface area contributed by atoms with Crippen LogP contribution in [0.4, 0.5) is 11.4 Å². The van der Waals surface area contributed by atoms with Crippen molar-refractivity contribution >= 4 is 44.2 Å². The largest absolute Gasteiger partial charge is 0.462 e. The quantitative estimate of drug-likeness (QED) is 0.625. The van der Waals surface area contributed by atoms with Gasteiger partial charge in [0, 0.05) is 21.7 Å². The van der Waals surface area contributed by atoms with Gasteiger partial charge in [0.25, 0.3) is 0 Å². The molecule has 2 aromatic carbocycles. The van der Waals surface area contributed by atoms with Crippen LogP contribution >= 0.6 is 15.9 Å². The number of carbonyl (C=O) groups is 1. The van der Waals surface area contributed by atoms with Crippen molar-refractivity contribution in [1.82, 2.24) is 4.98 Å². The first-order chi connectivity index (χ1) is 11.6. The van der Waals surface area contributed by atoms with Crippen molar-refractivity contribution in [1.29, 1.82) is 0 Å². The van der Waals surface area contributed by atoms with Crippen molar-refractivity contribution in [2.24, 2.45) is 0 Å². The number of hydrogen-bond acceptors (Lipinski definition) is 4. The third kappa shape index (κ3) is 3.26. The fourth-order valence-electron chi connectivity index (χ4n) is 2.51. The minimum Gasteiger partial charge on any atom is -0.462 e. The highest BCUT2D eigenvalue weighted by molar-refractivity contribution is 9.10. The second-order valence-corrected chi connectivity index (χ2v) is 6.28. The molecule has 0 aliphatic heterocycles. The normalized spacial score (nSPS) is 10.6. The Morgan fingerprint density at radius 2 is 2.04 bits per heavy atom. The summed E-state index contributed by atoms with van der Waals surface area (Å²) in [6, 6.07) is 13.7. The Balaban J connectivity index is 2.20. The van der Waals surface area contributed by atoms with Gasteiger partial charge in [0.1, 0.15) is 5.56 Å². The first kappa shape index (κ1) is 16.5. The fourth-order valence-corrected chi connectivity index (χ4v) is 2.87. The number of pyridine rings is 1. The third-order valence-corrected chi connectivity index (χ3v) is 4.22. The van der Waals surface area contributed by atoms with Gasteiger partial charge in [-0.05, 0) is 43.7 Å². The summed E-state index contributed by atoms with van der Waals surface area (Å²) >= 11 is 3.49. The van der Waals surface area contributed by atoms with Crippen LogP contribution in [0.15, 0.2) is 53.1 Å². The van der Waals surface area contributed by atoms with E-state index in [2.05, 4.69) is 26.2 Å². The molecule has 24 heavy (non-hydrogen) atoms. The van der Waals surface area contributed by atoms with Gasteiger partial charge >= 0.3 is 5.97 Å². The van der Waals surface area contributed by atoms with Crippen LogP contribution in [0, 0.1) is 6.92 Å². The molecule has 0 amide bonds. The molecule has 1 heterocycles. The molecule has 122 valence electrons. The summed E-state index contributed by atoms with van der Waals surface area (Å²) in [5.74, 6) is -0.386. The number of benzene rings is 2. The standard InChI is InChI=1S/C19H17BrN2O2/c1-3-24-19(23)15-11-21-17-9-8-13(20)10-14(17)18(15)22-16-7-5-4-6-12(16)2/h4-11H,3H2,1-2H3,(H,21,22). The molecule has 4 nitrogen and oxygen atoms in total. The summed E-state index contributed by atoms with van der Waals surface area (Å²) < 4.78 is 6.11. The van der Waals surface area contributed by atoms with Crippen LogP contribution < -0.4 is 5.32 Å². The Labute approximate surface area is 149 Å². The van der Waals surface area contributed by atoms with E-state index in [4.69, 9.17) is 4.74 Å². The highest BCUT2D eigenvalue weighted by atomic mass is 79.9. The van der Waals surface area contributed by atoms with Crippen LogP contribution in [0.2, 0.25) is 0 Å². The summed E-state index contributed by atoms with van der Waals surface area (Å²) in [5, 5.41) is 4.25. The van der Waals surface area contributed by atoms with Crippen LogP contribution in [0.25, 0.3) is 10.9 Å². The van der Waals surface area contributed by atoms with Crippen molar-refractivity contribution in [3.05, 3.63) is 64.3 Å². The first-order valence-corrected chi connectivity index (χ1v) is 8.47. The number of halogens is 1. The van der Waals surface area contributed by atoms with Crippen molar-refractivity contribution < 1.29 is 9.53 Å². The van der Waals surface area contributed by atoms with E-state index in [1.54, 1.807) is 13.1 Å². The van der Waals surface area contributed by atoms with Crippen LogP contribution in [-0.2, 0) is 4.74 Å². The maximum Gasteiger partial charge on any atom is 0.341 e. The molecule has 0 saturated heterocycles. The van der Waals surface area contributed by atoms with Gasteiger partial charge < -0.3 is 10.1 Å². The topological polar surface area (TPSA) is 51.2 Å². The molecular weight excluding hydrogens is 368 g/mol. The smallest absolute Gasteiger partial charge is 0.341 e. The summed E-state index contributed by atoms with van der Waals surface area (Å²) in [4.78, 5) is 16.7. The monoisotopic (exact) mass is 384 g/mol. The van der Waals surface area contributed by atoms with Gasteiger partial charge in [-0.15, -0.1) is 0 Å². The number of fused-ring (bicyclic) bond motifs is 1. The van der Waals surface area contributed by atoms with E-state index in [0.29, 0.717) is 17.9 Å². The van der Waals surface area contributed by atoms with E-state index in [1.165, 1.54) is 0 Å². The molecule has 3 aromatic rings. The molecule has 0 fully saturated rings. The highest BCUT2D eigenvalue weighted by Crippen LogP contribution is 2.32. The van der Waals surface area contributed by atoms with Gasteiger partial charge in [0.15, 0.2) is 0 Å². The van der Waals surface area contributed by atoms with E-state index in [0.717, 1.165) is 26.6 Å². The molecule has 1 N–H and O–H groups in total. The lowest BCUT2D eigenvalue weighted by Gasteiger charge is -2.15. The lowest BCUT2D eigenvalue weighted by Crippen LogP contribution is -2.09. The maximum atomic E-state index is 12.4. The zero-order valence-electron chi connectivity index (χ0n) is 13.5. The number of nitrogens with zero attached hydrogens (tertiary/aromatic N) is 1. The van der Waals surface area contributed by atoms with E-state index in [1.807, 2.05) is 49.4 Å². The average Bonchev–Trinajstić information content (AvgIpc) is 2.57. The van der Waals surface area contributed by atoms with E-state index >= 15 is 0 Å². The van der Waals surface area contributed by atoms with Gasteiger partial charge in [-0.1, -0.05) is 34.1 Å². The summed E-state index contributed by atoms with van der Waals surface area (Å²) in [5.41, 5.74) is 3.96. The fraction of sp³-hybridized carbons (Fsp3) is 0.158. The first-order valence-electron chi connectivity index (χ1n) is 7.68. The Hall–Kier alpha value is -2.40. The molecule has 0 aliphatic carbocycles. The minimum absolute atomic E-state index is 0.319. The van der Waals surface area contributed by atoms with Crippen LogP contribution in [-0.4, -0.2) is 17.6 Å². The van der Waals surface area contributed by atoms with Crippen LogP contribution in [0.1, 0.15) is 22.8 Å². The lowest BCUT2D eigenvalue weighted by molar-refractivity contribution is 0.0527. The molecule has 5 heteroatoms. The molecule has 0 spiro atoms. The molecule has 3 rings (SSSR count). The zero-order chi connectivity index (χ0) is 17.1. The number of carbonyl (C=O) groups excluding carboxylic acids is 1. The maximum absolute atomic E-state index is 12.4. The SMILES string of the molecule is CCOC(=O)c1cnc2ccc(Br)cc2c1Nc1ccccc1C. The number of nitrogens with one attached hydrogen (secondary N) is 1. The molecular formula is C19H17BrN2O2. The Kier molecular flexibility index (Phi) is 4.81. The number of rotatable bonds is 4. The third-order valence-electron chi connectivity index (χ3n) is 3.73. The number of ether oxygens (including phenoxy) is 1. The highest BCUT2D eigenvalue weighted by Gasteiger charge is 2.17. The molecule has 1 aromatic heterocycles. The Bertz CT molecular complexity index is 909. The van der Waals surface area contributed by atoms with Gasteiger partial charge in [-0.3, -0.25) is 4.98 Å². The van der Waals surface area contributed by atoms with Crippen LogP contribution in [0.3, 0.4) is 0 Å². The number of aromatic nitrogens is 1. The Morgan fingerprint density at radius 3 is 2.79 bits per heavy atom. The van der Waals surface area contributed by atoms with Gasteiger partial charge in [0.05, 0.1) is 17.8 Å². The molecule has 0 bridgehead atoms. The number of hydrogen-bond donors (Lipinski definition) is 1. The van der Waals surface area contributed by atoms with Crippen molar-refractivity contribution in [2.45, 2.75) is 13.8 Å². The van der Waals surface area contributed by atoms with Crippen molar-refractivity contribution in [2.75, 3.05) is 11.9 Å². The number of aryl methyl sites for hydroxylation is 1. The lowest BCUT2D eigenvalue weighted by atomic mass is 10.1. The van der Waals surface area contributed by atoms with E-state index < -0.39 is 0 Å². The predicted octanol–water partition coefficient (Wildman–Crippen LogP) is 5.23. The number of esters is 1. The summed E-state index contributed by atoms with van der Waals surface area (Å²) in [7, 11) is 0. The predicted molar refractivity (Wildman–Crippen MR) is 99.9 cm³/mol. The molecule has 0 unspecified atom stereocenters. The van der Waals surface area contributed by atoms with Crippen molar-refractivity contribution in [3.8, 4) is 0 Å². The average molecular weight is 385 g/mol. The molecule has 0 radical (unpaired) electrons. The number of anilines is 2. The molecule has 0 aliphatic rings. The molecule has 0 saturated carbocycles. The Morgan fingerprint density at radius 1 is 1.25 bits per heavy atom. The van der Waals surface area contributed by atoms with Crippen molar-refractivity contribution in [3.63, 3.8) is 0 Å². The summed E-state index contributed by atoms with van der Waals surface area (Å²) in [6.45, 7) is 4.13. The minimum atomic E-state index is -0.386. The van der Waals surface area contributed by atoms with Gasteiger partial charge in [-0.2, -0.15) is 0 Å². The zero-order valence-corrected chi connectivity index (χ0v) is 15.1. The van der Waals surface area contributed by atoms with E-state index in [9.17, 15) is 4.79 Å². The van der Waals surface area contributed by atoms with Gasteiger partial charge in [-0.25, -0.2) is 4.79 Å². The second-order valence-electron chi connectivity index (χ2n) is 5.37. The van der Waals surface area contributed by atoms with Crippen LogP contribution in [0.5, 0.6) is 0 Å². The number of para-hydroxylation sites is 1.